The van der Waals surface area contributed by atoms with Gasteiger partial charge in [0.1, 0.15) is 12.3 Å². The topological polar surface area (TPSA) is 87.1 Å². The molecule has 0 aliphatic rings. The summed E-state index contributed by atoms with van der Waals surface area (Å²) >= 11 is 6.48. The highest BCUT2D eigenvalue weighted by atomic mass is 35.5. The predicted molar refractivity (Wildman–Crippen MR) is 130 cm³/mol. The molecule has 0 radical (unpaired) electrons. The number of nitrogens with zero attached hydrogens (tertiary/aromatic N) is 3. The van der Waals surface area contributed by atoms with E-state index in [2.05, 4.69) is 17.3 Å². The molecule has 0 spiro atoms. The molecule has 4 aromatic rings. The number of ether oxygens (including phenoxy) is 1. The maximum atomic E-state index is 12.9. The molecule has 8 heteroatoms. The molecule has 2 aromatic carbocycles. The van der Waals surface area contributed by atoms with Crippen LogP contribution in [0.3, 0.4) is 0 Å². The fourth-order valence-corrected chi connectivity index (χ4v) is 3.83. The van der Waals surface area contributed by atoms with Gasteiger partial charge in [0.2, 0.25) is 5.91 Å². The average Bonchev–Trinajstić information content (AvgIpc) is 3.49. The summed E-state index contributed by atoms with van der Waals surface area (Å²) in [4.78, 5) is 12.9. The van der Waals surface area contributed by atoms with Gasteiger partial charge < -0.3 is 14.6 Å². The lowest BCUT2D eigenvalue weighted by molar-refractivity contribution is -0.123. The van der Waals surface area contributed by atoms with Crippen molar-refractivity contribution < 1.29 is 9.53 Å². The van der Waals surface area contributed by atoms with Gasteiger partial charge in [0.05, 0.1) is 12.3 Å². The molecule has 4 rings (SSSR count). The molecule has 1 unspecified atom stereocenters. The first-order valence-corrected chi connectivity index (χ1v) is 11.2. The molecule has 3 N–H and O–H groups in total. The first-order chi connectivity index (χ1) is 16.1. The summed E-state index contributed by atoms with van der Waals surface area (Å²) in [5, 5.41) is 7.48. The number of carbonyl (C=O) groups is 1. The quantitative estimate of drug-likeness (QED) is 0.352. The molecule has 1 atom stereocenters. The van der Waals surface area contributed by atoms with Crippen molar-refractivity contribution in [3.8, 4) is 28.3 Å². The molecule has 0 saturated heterocycles. The van der Waals surface area contributed by atoms with Crippen molar-refractivity contribution in [2.45, 2.75) is 26.2 Å². The normalized spacial score (nSPS) is 11.8. The SMILES string of the molecule is CCCOc1ccc(-c2ccc(-c3ccccc3Cl)n2CC(=O)NC(N)n2cccn2)cc1. The first kappa shape index (κ1) is 22.6. The third kappa shape index (κ3) is 5.27. The molecule has 7 nitrogen and oxygen atoms in total. The Morgan fingerprint density at radius 3 is 2.55 bits per heavy atom. The highest BCUT2D eigenvalue weighted by Crippen LogP contribution is 2.33. The van der Waals surface area contributed by atoms with Crippen molar-refractivity contribution in [3.05, 3.63) is 84.1 Å². The van der Waals surface area contributed by atoms with Crippen LogP contribution < -0.4 is 15.8 Å². The Kier molecular flexibility index (Phi) is 7.12. The van der Waals surface area contributed by atoms with Crippen molar-refractivity contribution in [3.63, 3.8) is 0 Å². The lowest BCUT2D eigenvalue weighted by Crippen LogP contribution is -2.40. The smallest absolute Gasteiger partial charge is 0.242 e. The van der Waals surface area contributed by atoms with E-state index in [0.29, 0.717) is 11.6 Å². The fourth-order valence-electron chi connectivity index (χ4n) is 3.60. The van der Waals surface area contributed by atoms with Gasteiger partial charge in [0, 0.05) is 28.7 Å². The van der Waals surface area contributed by atoms with E-state index in [9.17, 15) is 4.79 Å². The Morgan fingerprint density at radius 2 is 1.85 bits per heavy atom. The number of hydrogen-bond acceptors (Lipinski definition) is 4. The number of hydrogen-bond donors (Lipinski definition) is 2. The summed E-state index contributed by atoms with van der Waals surface area (Å²) in [6.45, 7) is 2.80. The summed E-state index contributed by atoms with van der Waals surface area (Å²) in [6.07, 6.45) is 3.50. The molecule has 33 heavy (non-hydrogen) atoms. The van der Waals surface area contributed by atoms with Crippen LogP contribution in [0.2, 0.25) is 5.02 Å². The second-order valence-electron chi connectivity index (χ2n) is 7.54. The Morgan fingerprint density at radius 1 is 1.09 bits per heavy atom. The summed E-state index contributed by atoms with van der Waals surface area (Å²) in [7, 11) is 0. The molecular formula is C25H26ClN5O2. The van der Waals surface area contributed by atoms with Gasteiger partial charge in [-0.15, -0.1) is 0 Å². The van der Waals surface area contributed by atoms with E-state index in [1.54, 1.807) is 18.5 Å². The number of halogens is 1. The molecule has 0 fully saturated rings. The van der Waals surface area contributed by atoms with Crippen LogP contribution in [-0.4, -0.2) is 26.9 Å². The van der Waals surface area contributed by atoms with Gasteiger partial charge in [0.25, 0.3) is 0 Å². The number of carbonyl (C=O) groups excluding carboxylic acids is 1. The minimum atomic E-state index is -0.759. The average molecular weight is 464 g/mol. The minimum absolute atomic E-state index is 0.0615. The molecule has 2 aromatic heterocycles. The van der Waals surface area contributed by atoms with Crippen LogP contribution in [0.4, 0.5) is 0 Å². The summed E-state index contributed by atoms with van der Waals surface area (Å²) in [5.41, 5.74) is 9.60. The van der Waals surface area contributed by atoms with E-state index in [-0.39, 0.29) is 12.5 Å². The Balaban J connectivity index is 1.66. The van der Waals surface area contributed by atoms with Crippen LogP contribution >= 0.6 is 11.6 Å². The van der Waals surface area contributed by atoms with E-state index in [4.69, 9.17) is 22.1 Å². The summed E-state index contributed by atoms with van der Waals surface area (Å²) in [6, 6.07) is 21.1. The van der Waals surface area contributed by atoms with Gasteiger partial charge in [0.15, 0.2) is 6.29 Å². The molecule has 0 bridgehead atoms. The Bertz CT molecular complexity index is 1200. The molecule has 1 amide bonds. The van der Waals surface area contributed by atoms with E-state index in [1.807, 2.05) is 65.2 Å². The van der Waals surface area contributed by atoms with E-state index in [1.165, 1.54) is 4.68 Å². The zero-order valence-corrected chi connectivity index (χ0v) is 19.1. The lowest BCUT2D eigenvalue weighted by atomic mass is 10.1. The van der Waals surface area contributed by atoms with Crippen molar-refractivity contribution in [2.24, 2.45) is 5.73 Å². The van der Waals surface area contributed by atoms with Crippen molar-refractivity contribution in [1.82, 2.24) is 19.7 Å². The van der Waals surface area contributed by atoms with Gasteiger partial charge in [-0.2, -0.15) is 5.10 Å². The van der Waals surface area contributed by atoms with Gasteiger partial charge in [-0.3, -0.25) is 10.5 Å². The Labute approximate surface area is 197 Å². The Hall–Kier alpha value is -3.55. The van der Waals surface area contributed by atoms with Crippen LogP contribution in [0.5, 0.6) is 5.75 Å². The highest BCUT2D eigenvalue weighted by molar-refractivity contribution is 6.33. The van der Waals surface area contributed by atoms with Crippen LogP contribution in [0, 0.1) is 0 Å². The van der Waals surface area contributed by atoms with Gasteiger partial charge >= 0.3 is 0 Å². The molecular weight excluding hydrogens is 438 g/mol. The molecule has 0 aliphatic carbocycles. The predicted octanol–water partition coefficient (Wildman–Crippen LogP) is 4.69. The second-order valence-corrected chi connectivity index (χ2v) is 7.95. The number of aromatic nitrogens is 3. The van der Waals surface area contributed by atoms with Crippen LogP contribution in [0.25, 0.3) is 22.5 Å². The van der Waals surface area contributed by atoms with E-state index < -0.39 is 6.29 Å². The zero-order valence-electron chi connectivity index (χ0n) is 18.3. The fraction of sp³-hybridized carbons (Fsp3) is 0.200. The van der Waals surface area contributed by atoms with Crippen LogP contribution in [0.15, 0.2) is 79.1 Å². The summed E-state index contributed by atoms with van der Waals surface area (Å²) in [5.74, 6) is 0.569. The van der Waals surface area contributed by atoms with Crippen LogP contribution in [-0.2, 0) is 11.3 Å². The minimum Gasteiger partial charge on any atom is -0.494 e. The summed E-state index contributed by atoms with van der Waals surface area (Å²) < 4.78 is 9.12. The molecule has 0 aliphatic heterocycles. The molecule has 2 heterocycles. The third-order valence-corrected chi connectivity index (χ3v) is 5.50. The van der Waals surface area contributed by atoms with E-state index in [0.717, 1.165) is 34.7 Å². The number of benzene rings is 2. The molecule has 170 valence electrons. The highest BCUT2D eigenvalue weighted by Gasteiger charge is 2.18. The van der Waals surface area contributed by atoms with Gasteiger partial charge in [-0.1, -0.05) is 36.7 Å². The first-order valence-electron chi connectivity index (χ1n) is 10.8. The van der Waals surface area contributed by atoms with Crippen molar-refractivity contribution in [1.29, 1.82) is 0 Å². The molecule has 0 saturated carbocycles. The number of rotatable bonds is 9. The number of amides is 1. The lowest BCUT2D eigenvalue weighted by Gasteiger charge is -2.18. The monoisotopic (exact) mass is 463 g/mol. The van der Waals surface area contributed by atoms with Gasteiger partial charge in [-0.05, 0) is 60.5 Å². The van der Waals surface area contributed by atoms with E-state index >= 15 is 0 Å². The van der Waals surface area contributed by atoms with Crippen molar-refractivity contribution >= 4 is 17.5 Å². The largest absolute Gasteiger partial charge is 0.494 e. The maximum absolute atomic E-state index is 12.9. The second kappa shape index (κ2) is 10.4. The van der Waals surface area contributed by atoms with Crippen LogP contribution in [0.1, 0.15) is 19.6 Å². The number of nitrogens with one attached hydrogen (secondary N) is 1. The standard InChI is InChI=1S/C25H26ClN5O2/c1-2-16-33-19-10-8-18(9-11-19)22-12-13-23(20-6-3-4-7-21(20)26)30(22)17-24(32)29-25(27)31-15-5-14-28-31/h3-15,25H,2,16-17,27H2,1H3,(H,29,32). The number of nitrogens with two attached hydrogens (primary N) is 1. The van der Waals surface area contributed by atoms with Crippen molar-refractivity contribution in [2.75, 3.05) is 6.61 Å². The maximum Gasteiger partial charge on any atom is 0.242 e. The van der Waals surface area contributed by atoms with Gasteiger partial charge in [-0.25, -0.2) is 4.68 Å². The third-order valence-electron chi connectivity index (χ3n) is 5.17. The zero-order chi connectivity index (χ0) is 23.2.